The molecule has 0 saturated carbocycles. The van der Waals surface area contributed by atoms with Gasteiger partial charge in [-0.3, -0.25) is 9.48 Å². The number of carbonyl (C=O) groups is 1. The van der Waals surface area contributed by atoms with Gasteiger partial charge in [0, 0.05) is 35.5 Å². The molecule has 1 N–H and O–H groups in total. The number of nitrogens with one attached hydrogen (secondary N) is 1. The summed E-state index contributed by atoms with van der Waals surface area (Å²) in [7, 11) is 1.80. The molecule has 3 aromatic rings. The van der Waals surface area contributed by atoms with E-state index < -0.39 is 0 Å². The van der Waals surface area contributed by atoms with Gasteiger partial charge >= 0.3 is 0 Å². The first-order valence-electron chi connectivity index (χ1n) is 6.77. The Hall–Kier alpha value is -2.47. The maximum atomic E-state index is 12.3. The van der Waals surface area contributed by atoms with Gasteiger partial charge in [0.25, 0.3) is 5.91 Å². The van der Waals surface area contributed by atoms with Crippen LogP contribution in [0.4, 0.5) is 5.82 Å². The predicted octanol–water partition coefficient (Wildman–Crippen LogP) is 3.56. The third-order valence-electron chi connectivity index (χ3n) is 3.05. The maximum absolute atomic E-state index is 12.3. The molecule has 0 unspecified atom stereocenters. The first-order valence-corrected chi connectivity index (χ1v) is 7.76. The first kappa shape index (κ1) is 14.5. The second-order valence-corrected chi connectivity index (χ2v) is 5.75. The van der Waals surface area contributed by atoms with Crippen LogP contribution < -0.4 is 5.32 Å². The highest BCUT2D eigenvalue weighted by Gasteiger charge is 2.16. The van der Waals surface area contributed by atoms with Crippen LogP contribution in [0.15, 0.2) is 64.2 Å². The number of carbonyl (C=O) groups excluding carboxylic acids is 1. The molecule has 0 aliphatic heterocycles. The molecule has 1 aromatic carbocycles. The van der Waals surface area contributed by atoms with E-state index in [4.69, 9.17) is 4.42 Å². The molecule has 0 radical (unpaired) electrons. The average molecular weight is 313 g/mol. The molecule has 112 valence electrons. The van der Waals surface area contributed by atoms with Crippen LogP contribution in [-0.2, 0) is 12.8 Å². The molecule has 5 nitrogen and oxygen atoms in total. The predicted molar refractivity (Wildman–Crippen MR) is 85.9 cm³/mol. The molecule has 22 heavy (non-hydrogen) atoms. The second kappa shape index (κ2) is 6.53. The number of amides is 1. The topological polar surface area (TPSA) is 60.1 Å². The van der Waals surface area contributed by atoms with Gasteiger partial charge in [-0.05, 0) is 18.2 Å². The molecule has 2 aromatic heterocycles. The van der Waals surface area contributed by atoms with E-state index >= 15 is 0 Å². The molecule has 0 atom stereocenters. The van der Waals surface area contributed by atoms with E-state index in [-0.39, 0.29) is 5.91 Å². The standard InChI is InChI=1S/C16H15N3O2S/c1-19-9-7-14(18-19)17-16(20)15-12(8-10-21-15)11-22-13-5-3-2-4-6-13/h2-10H,11H2,1H3,(H,17,18,20). The number of benzene rings is 1. The van der Waals surface area contributed by atoms with Crippen LogP contribution in [0.3, 0.4) is 0 Å². The number of furan rings is 1. The quantitative estimate of drug-likeness (QED) is 0.732. The summed E-state index contributed by atoms with van der Waals surface area (Å²) in [6.45, 7) is 0. The van der Waals surface area contributed by atoms with E-state index in [1.54, 1.807) is 35.8 Å². The minimum absolute atomic E-state index is 0.285. The molecular weight excluding hydrogens is 298 g/mol. The summed E-state index contributed by atoms with van der Waals surface area (Å²) in [4.78, 5) is 13.4. The molecule has 0 aliphatic carbocycles. The van der Waals surface area contributed by atoms with Crippen molar-refractivity contribution in [3.63, 3.8) is 0 Å². The van der Waals surface area contributed by atoms with E-state index in [1.807, 2.05) is 36.4 Å². The fourth-order valence-electron chi connectivity index (χ4n) is 1.98. The highest BCUT2D eigenvalue weighted by molar-refractivity contribution is 7.98. The fraction of sp³-hybridized carbons (Fsp3) is 0.125. The number of hydrogen-bond donors (Lipinski definition) is 1. The van der Waals surface area contributed by atoms with E-state index in [0.29, 0.717) is 17.3 Å². The molecular formula is C16H15N3O2S. The van der Waals surface area contributed by atoms with Gasteiger partial charge in [0.1, 0.15) is 0 Å². The smallest absolute Gasteiger partial charge is 0.292 e. The summed E-state index contributed by atoms with van der Waals surface area (Å²) in [5.74, 6) is 1.22. The number of thioether (sulfide) groups is 1. The highest BCUT2D eigenvalue weighted by Crippen LogP contribution is 2.25. The number of aryl methyl sites for hydroxylation is 1. The minimum atomic E-state index is -0.285. The van der Waals surface area contributed by atoms with Gasteiger partial charge in [-0.15, -0.1) is 11.8 Å². The molecule has 0 bridgehead atoms. The van der Waals surface area contributed by atoms with Crippen molar-refractivity contribution in [2.45, 2.75) is 10.6 Å². The van der Waals surface area contributed by atoms with Crippen LogP contribution in [0.1, 0.15) is 16.1 Å². The van der Waals surface area contributed by atoms with Crippen molar-refractivity contribution in [1.82, 2.24) is 9.78 Å². The Morgan fingerprint density at radius 1 is 1.27 bits per heavy atom. The van der Waals surface area contributed by atoms with E-state index in [0.717, 1.165) is 10.5 Å². The van der Waals surface area contributed by atoms with Gasteiger partial charge in [0.05, 0.1) is 6.26 Å². The Kier molecular flexibility index (Phi) is 4.29. The lowest BCUT2D eigenvalue weighted by Crippen LogP contribution is -2.13. The summed E-state index contributed by atoms with van der Waals surface area (Å²) in [5.41, 5.74) is 0.863. The Labute approximate surface area is 132 Å². The maximum Gasteiger partial charge on any atom is 0.292 e. The number of anilines is 1. The summed E-state index contributed by atoms with van der Waals surface area (Å²) < 4.78 is 6.96. The zero-order valence-corrected chi connectivity index (χ0v) is 12.8. The van der Waals surface area contributed by atoms with Gasteiger partial charge in [0.2, 0.25) is 0 Å². The van der Waals surface area contributed by atoms with Gasteiger partial charge in [-0.1, -0.05) is 18.2 Å². The molecule has 0 saturated heterocycles. The second-order valence-electron chi connectivity index (χ2n) is 4.71. The summed E-state index contributed by atoms with van der Waals surface area (Å²) in [6, 6.07) is 13.6. The fourth-order valence-corrected chi connectivity index (χ4v) is 2.88. The summed E-state index contributed by atoms with van der Waals surface area (Å²) >= 11 is 1.66. The van der Waals surface area contributed by atoms with E-state index in [9.17, 15) is 4.79 Å². The Balaban J connectivity index is 1.67. The lowest BCUT2D eigenvalue weighted by atomic mass is 10.2. The van der Waals surface area contributed by atoms with E-state index in [2.05, 4.69) is 10.4 Å². The van der Waals surface area contributed by atoms with Crippen LogP contribution in [0.5, 0.6) is 0 Å². The molecule has 6 heteroatoms. The van der Waals surface area contributed by atoms with Gasteiger partial charge in [0.15, 0.2) is 11.6 Å². The Morgan fingerprint density at radius 2 is 2.09 bits per heavy atom. The molecule has 2 heterocycles. The van der Waals surface area contributed by atoms with Crippen molar-refractivity contribution in [2.75, 3.05) is 5.32 Å². The Bertz CT molecular complexity index is 765. The van der Waals surface area contributed by atoms with Crippen molar-refractivity contribution in [3.05, 3.63) is 66.2 Å². The van der Waals surface area contributed by atoms with Crippen molar-refractivity contribution in [1.29, 1.82) is 0 Å². The van der Waals surface area contributed by atoms with Gasteiger partial charge < -0.3 is 9.73 Å². The van der Waals surface area contributed by atoms with Gasteiger partial charge in [-0.25, -0.2) is 0 Å². The zero-order chi connectivity index (χ0) is 15.4. The van der Waals surface area contributed by atoms with Crippen LogP contribution in [0.2, 0.25) is 0 Å². The van der Waals surface area contributed by atoms with Crippen LogP contribution in [-0.4, -0.2) is 15.7 Å². The Morgan fingerprint density at radius 3 is 2.82 bits per heavy atom. The molecule has 0 aliphatic rings. The number of aromatic nitrogens is 2. The number of rotatable bonds is 5. The number of nitrogens with zero attached hydrogens (tertiary/aromatic N) is 2. The highest BCUT2D eigenvalue weighted by atomic mass is 32.2. The lowest BCUT2D eigenvalue weighted by molar-refractivity contribution is 0.0995. The third-order valence-corrected chi connectivity index (χ3v) is 4.11. The first-order chi connectivity index (χ1) is 10.7. The largest absolute Gasteiger partial charge is 0.459 e. The van der Waals surface area contributed by atoms with Crippen LogP contribution >= 0.6 is 11.8 Å². The number of hydrogen-bond acceptors (Lipinski definition) is 4. The lowest BCUT2D eigenvalue weighted by Gasteiger charge is -2.03. The SMILES string of the molecule is Cn1ccc(NC(=O)c2occc2CSc2ccccc2)n1. The molecule has 1 amide bonds. The molecule has 0 spiro atoms. The summed E-state index contributed by atoms with van der Waals surface area (Å²) in [5, 5.41) is 6.85. The summed E-state index contributed by atoms with van der Waals surface area (Å²) in [6.07, 6.45) is 3.30. The minimum Gasteiger partial charge on any atom is -0.459 e. The van der Waals surface area contributed by atoms with Crippen LogP contribution in [0, 0.1) is 0 Å². The monoisotopic (exact) mass is 313 g/mol. The average Bonchev–Trinajstić information content (AvgIpc) is 3.15. The van der Waals surface area contributed by atoms with Crippen molar-refractivity contribution in [2.24, 2.45) is 7.05 Å². The van der Waals surface area contributed by atoms with E-state index in [1.165, 1.54) is 6.26 Å². The third kappa shape index (κ3) is 3.40. The van der Waals surface area contributed by atoms with Crippen molar-refractivity contribution < 1.29 is 9.21 Å². The van der Waals surface area contributed by atoms with Crippen molar-refractivity contribution >= 4 is 23.5 Å². The normalized spacial score (nSPS) is 10.6. The zero-order valence-electron chi connectivity index (χ0n) is 12.0. The van der Waals surface area contributed by atoms with Crippen LogP contribution in [0.25, 0.3) is 0 Å². The van der Waals surface area contributed by atoms with Gasteiger partial charge in [-0.2, -0.15) is 5.10 Å². The molecule has 0 fully saturated rings. The molecule has 3 rings (SSSR count). The van der Waals surface area contributed by atoms with Crippen molar-refractivity contribution in [3.8, 4) is 0 Å².